The van der Waals surface area contributed by atoms with Crippen LogP contribution in [0.4, 0.5) is 11.4 Å². The Morgan fingerprint density at radius 3 is 2.40 bits per heavy atom. The van der Waals surface area contributed by atoms with Crippen molar-refractivity contribution < 1.29 is 0 Å². The van der Waals surface area contributed by atoms with Crippen LogP contribution in [0, 0.1) is 13.8 Å². The zero-order chi connectivity index (χ0) is 11.0. The minimum atomic E-state index is 0.601. The van der Waals surface area contributed by atoms with Gasteiger partial charge in [-0.15, -0.1) is 0 Å². The summed E-state index contributed by atoms with van der Waals surface area (Å²) in [4.78, 5) is 4.18. The summed E-state index contributed by atoms with van der Waals surface area (Å²) < 4.78 is 1.99. The predicted molar refractivity (Wildman–Crippen MR) is 61.9 cm³/mol. The lowest BCUT2D eigenvalue weighted by Crippen LogP contribution is -2.02. The molecular weight excluding hydrogens is 188 g/mol. The van der Waals surface area contributed by atoms with E-state index in [9.17, 15) is 0 Å². The van der Waals surface area contributed by atoms with Gasteiger partial charge in [-0.05, 0) is 31.5 Å². The molecule has 0 aliphatic heterocycles. The van der Waals surface area contributed by atoms with E-state index < -0.39 is 0 Å². The van der Waals surface area contributed by atoms with Gasteiger partial charge in [0.25, 0.3) is 0 Å². The highest BCUT2D eigenvalue weighted by Gasteiger charge is 2.06. The molecule has 0 aliphatic rings. The molecule has 0 fully saturated rings. The standard InChI is InChI=1S/C11H14N4/c1-7-5-9(12)10(13)6-11(7)15-4-3-14-8(15)2/h3-6H,12-13H2,1-2H3. The van der Waals surface area contributed by atoms with Gasteiger partial charge in [0.05, 0.1) is 17.1 Å². The minimum absolute atomic E-state index is 0.601. The molecule has 2 aromatic rings. The molecule has 0 atom stereocenters. The van der Waals surface area contributed by atoms with Crippen molar-refractivity contribution in [2.24, 2.45) is 0 Å². The Morgan fingerprint density at radius 1 is 1.13 bits per heavy atom. The molecule has 1 heterocycles. The fourth-order valence-corrected chi connectivity index (χ4v) is 1.63. The average Bonchev–Trinajstić information content (AvgIpc) is 2.58. The fraction of sp³-hybridized carbons (Fsp3) is 0.182. The highest BCUT2D eigenvalue weighted by Crippen LogP contribution is 2.24. The summed E-state index contributed by atoms with van der Waals surface area (Å²) in [5, 5.41) is 0. The van der Waals surface area contributed by atoms with Crippen LogP contribution in [0.25, 0.3) is 5.69 Å². The quantitative estimate of drug-likeness (QED) is 0.691. The summed E-state index contributed by atoms with van der Waals surface area (Å²) in [7, 11) is 0. The minimum Gasteiger partial charge on any atom is -0.397 e. The topological polar surface area (TPSA) is 69.9 Å². The summed E-state index contributed by atoms with van der Waals surface area (Å²) in [6.07, 6.45) is 3.68. The van der Waals surface area contributed by atoms with Crippen LogP contribution in [0.2, 0.25) is 0 Å². The Kier molecular flexibility index (Phi) is 2.11. The predicted octanol–water partition coefficient (Wildman–Crippen LogP) is 1.65. The molecule has 4 nitrogen and oxygen atoms in total. The second-order valence-corrected chi connectivity index (χ2v) is 3.61. The van der Waals surface area contributed by atoms with Gasteiger partial charge in [-0.25, -0.2) is 4.98 Å². The van der Waals surface area contributed by atoms with Crippen molar-refractivity contribution in [1.29, 1.82) is 0 Å². The van der Waals surface area contributed by atoms with E-state index in [4.69, 9.17) is 11.5 Å². The van der Waals surface area contributed by atoms with E-state index in [0.717, 1.165) is 17.1 Å². The second-order valence-electron chi connectivity index (χ2n) is 3.61. The lowest BCUT2D eigenvalue weighted by molar-refractivity contribution is 0.965. The van der Waals surface area contributed by atoms with Crippen molar-refractivity contribution in [2.45, 2.75) is 13.8 Å². The number of benzene rings is 1. The molecule has 2 rings (SSSR count). The van der Waals surface area contributed by atoms with Gasteiger partial charge in [-0.2, -0.15) is 0 Å². The fourth-order valence-electron chi connectivity index (χ4n) is 1.63. The molecule has 0 amide bonds. The van der Waals surface area contributed by atoms with Crippen molar-refractivity contribution in [3.05, 3.63) is 35.9 Å². The van der Waals surface area contributed by atoms with Crippen LogP contribution in [-0.2, 0) is 0 Å². The Balaban J connectivity index is 2.64. The highest BCUT2D eigenvalue weighted by atomic mass is 15.1. The van der Waals surface area contributed by atoms with Crippen LogP contribution in [0.3, 0.4) is 0 Å². The first kappa shape index (κ1) is 9.58. The van der Waals surface area contributed by atoms with Crippen LogP contribution in [0.1, 0.15) is 11.4 Å². The smallest absolute Gasteiger partial charge is 0.110 e. The van der Waals surface area contributed by atoms with Crippen LogP contribution >= 0.6 is 0 Å². The average molecular weight is 202 g/mol. The van der Waals surface area contributed by atoms with Gasteiger partial charge in [0.1, 0.15) is 5.82 Å². The number of hydrogen-bond donors (Lipinski definition) is 2. The molecule has 0 radical (unpaired) electrons. The van der Waals surface area contributed by atoms with Gasteiger partial charge >= 0.3 is 0 Å². The number of rotatable bonds is 1. The molecule has 4 N–H and O–H groups in total. The highest BCUT2D eigenvalue weighted by molar-refractivity contribution is 5.69. The molecule has 1 aromatic heterocycles. The monoisotopic (exact) mass is 202 g/mol. The summed E-state index contributed by atoms with van der Waals surface area (Å²) >= 11 is 0. The molecule has 4 heteroatoms. The molecule has 78 valence electrons. The van der Waals surface area contributed by atoms with Crippen molar-refractivity contribution >= 4 is 11.4 Å². The van der Waals surface area contributed by atoms with Gasteiger partial charge in [-0.1, -0.05) is 0 Å². The largest absolute Gasteiger partial charge is 0.397 e. The maximum atomic E-state index is 5.79. The zero-order valence-corrected chi connectivity index (χ0v) is 8.86. The molecule has 0 saturated carbocycles. The Morgan fingerprint density at radius 2 is 1.80 bits per heavy atom. The van der Waals surface area contributed by atoms with Crippen molar-refractivity contribution in [2.75, 3.05) is 11.5 Å². The van der Waals surface area contributed by atoms with Crippen LogP contribution in [0.15, 0.2) is 24.5 Å². The van der Waals surface area contributed by atoms with Gasteiger partial charge < -0.3 is 16.0 Å². The molecular formula is C11H14N4. The first-order valence-electron chi connectivity index (χ1n) is 4.75. The molecule has 0 saturated heterocycles. The molecule has 0 unspecified atom stereocenters. The number of imidazole rings is 1. The first-order valence-corrected chi connectivity index (χ1v) is 4.75. The number of nitrogen functional groups attached to an aromatic ring is 2. The number of aryl methyl sites for hydroxylation is 2. The maximum absolute atomic E-state index is 5.79. The number of aromatic nitrogens is 2. The summed E-state index contributed by atoms with van der Waals surface area (Å²) in [6.45, 7) is 3.95. The van der Waals surface area contributed by atoms with Gasteiger partial charge in [-0.3, -0.25) is 0 Å². The second kappa shape index (κ2) is 3.31. The van der Waals surface area contributed by atoms with E-state index in [1.165, 1.54) is 0 Å². The Hall–Kier alpha value is -1.97. The van der Waals surface area contributed by atoms with Crippen LogP contribution < -0.4 is 11.5 Å². The van der Waals surface area contributed by atoms with Crippen molar-refractivity contribution in [3.8, 4) is 5.69 Å². The molecule has 0 bridgehead atoms. The number of nitrogens with two attached hydrogens (primary N) is 2. The molecule has 1 aromatic carbocycles. The number of nitrogens with zero attached hydrogens (tertiary/aromatic N) is 2. The number of anilines is 2. The molecule has 0 spiro atoms. The van der Waals surface area contributed by atoms with E-state index in [0.29, 0.717) is 11.4 Å². The maximum Gasteiger partial charge on any atom is 0.110 e. The summed E-state index contributed by atoms with van der Waals surface area (Å²) in [5.41, 5.74) is 14.8. The van der Waals surface area contributed by atoms with E-state index in [1.54, 1.807) is 6.20 Å². The third-order valence-corrected chi connectivity index (χ3v) is 2.49. The van der Waals surface area contributed by atoms with Gasteiger partial charge in [0.15, 0.2) is 0 Å². The van der Waals surface area contributed by atoms with Crippen LogP contribution in [-0.4, -0.2) is 9.55 Å². The zero-order valence-electron chi connectivity index (χ0n) is 8.86. The lowest BCUT2D eigenvalue weighted by Gasteiger charge is -2.11. The van der Waals surface area contributed by atoms with Crippen LogP contribution in [0.5, 0.6) is 0 Å². The molecule has 15 heavy (non-hydrogen) atoms. The third-order valence-electron chi connectivity index (χ3n) is 2.49. The van der Waals surface area contributed by atoms with E-state index in [-0.39, 0.29) is 0 Å². The van der Waals surface area contributed by atoms with Crippen molar-refractivity contribution in [1.82, 2.24) is 9.55 Å². The van der Waals surface area contributed by atoms with Crippen molar-refractivity contribution in [3.63, 3.8) is 0 Å². The third kappa shape index (κ3) is 1.54. The van der Waals surface area contributed by atoms with Gasteiger partial charge in [0, 0.05) is 12.4 Å². The van der Waals surface area contributed by atoms with Gasteiger partial charge in [0.2, 0.25) is 0 Å². The van der Waals surface area contributed by atoms with E-state index in [2.05, 4.69) is 4.98 Å². The lowest BCUT2D eigenvalue weighted by atomic mass is 10.1. The Bertz CT molecular complexity index is 499. The summed E-state index contributed by atoms with van der Waals surface area (Å²) in [5.74, 6) is 0.933. The SMILES string of the molecule is Cc1cc(N)c(N)cc1-n1ccnc1C. The van der Waals surface area contributed by atoms with E-state index >= 15 is 0 Å². The normalized spacial score (nSPS) is 10.5. The Labute approximate surface area is 88.5 Å². The molecule has 0 aliphatic carbocycles. The number of hydrogen-bond acceptors (Lipinski definition) is 3. The first-order chi connectivity index (χ1) is 7.09. The van der Waals surface area contributed by atoms with E-state index in [1.807, 2.05) is 36.7 Å². The summed E-state index contributed by atoms with van der Waals surface area (Å²) in [6, 6.07) is 3.75.